The summed E-state index contributed by atoms with van der Waals surface area (Å²) in [6, 6.07) is 7.86. The Bertz CT molecular complexity index is 1260. The SMILES string of the molecule is COC(=O)Cc1ccccc1C#Cc1nc(Cc2cnn(C3CCN([B]C=O)CC3)c2)ncc1C. The molecule has 35 heavy (non-hydrogen) atoms. The second-order valence-corrected chi connectivity index (χ2v) is 8.54. The summed E-state index contributed by atoms with van der Waals surface area (Å²) < 4.78 is 6.80. The summed E-state index contributed by atoms with van der Waals surface area (Å²) in [7, 11) is 2.99. The van der Waals surface area contributed by atoms with Crippen LogP contribution in [-0.4, -0.2) is 64.3 Å². The van der Waals surface area contributed by atoms with Gasteiger partial charge in [-0.15, -0.1) is 0 Å². The highest BCUT2D eigenvalue weighted by atomic mass is 16.5. The Morgan fingerprint density at radius 3 is 2.80 bits per heavy atom. The quantitative estimate of drug-likeness (QED) is 0.227. The van der Waals surface area contributed by atoms with E-state index in [2.05, 4.69) is 33.1 Å². The van der Waals surface area contributed by atoms with Crippen LogP contribution in [0.5, 0.6) is 0 Å². The van der Waals surface area contributed by atoms with Crippen molar-refractivity contribution in [3.8, 4) is 11.8 Å². The van der Waals surface area contributed by atoms with Crippen LogP contribution in [0, 0.1) is 18.8 Å². The maximum absolute atomic E-state index is 11.7. The van der Waals surface area contributed by atoms with Gasteiger partial charge in [-0.2, -0.15) is 5.10 Å². The van der Waals surface area contributed by atoms with E-state index in [1.165, 1.54) is 7.11 Å². The van der Waals surface area contributed by atoms with E-state index in [1.807, 2.05) is 46.9 Å². The van der Waals surface area contributed by atoms with Gasteiger partial charge in [-0.25, -0.2) is 9.97 Å². The van der Waals surface area contributed by atoms with Gasteiger partial charge in [-0.05, 0) is 56.0 Å². The number of piperidine rings is 1. The average molecular weight is 468 g/mol. The fourth-order valence-corrected chi connectivity index (χ4v) is 4.08. The Balaban J connectivity index is 1.46. The smallest absolute Gasteiger partial charge is 0.310 e. The first kappa shape index (κ1) is 24.4. The van der Waals surface area contributed by atoms with Crippen molar-refractivity contribution in [1.29, 1.82) is 0 Å². The van der Waals surface area contributed by atoms with Gasteiger partial charge in [0.25, 0.3) is 7.41 Å². The first-order chi connectivity index (χ1) is 17.1. The number of ether oxygens (including phenoxy) is 1. The number of hydrogen-bond acceptors (Lipinski definition) is 7. The highest BCUT2D eigenvalue weighted by molar-refractivity contribution is 6.64. The van der Waals surface area contributed by atoms with Gasteiger partial charge in [0.05, 0.1) is 32.0 Å². The van der Waals surface area contributed by atoms with E-state index in [0.29, 0.717) is 24.0 Å². The van der Waals surface area contributed by atoms with Crippen LogP contribution in [0.1, 0.15) is 52.7 Å². The third-order valence-corrected chi connectivity index (χ3v) is 6.08. The highest BCUT2D eigenvalue weighted by Crippen LogP contribution is 2.22. The third-order valence-electron chi connectivity index (χ3n) is 6.08. The lowest BCUT2D eigenvalue weighted by Gasteiger charge is -2.30. The molecular weight excluding hydrogens is 441 g/mol. The van der Waals surface area contributed by atoms with Gasteiger partial charge in [0.1, 0.15) is 11.5 Å². The average Bonchev–Trinajstić information content (AvgIpc) is 3.34. The molecule has 9 heteroatoms. The molecule has 3 heterocycles. The van der Waals surface area contributed by atoms with E-state index >= 15 is 0 Å². The van der Waals surface area contributed by atoms with Crippen LogP contribution in [0.4, 0.5) is 0 Å². The number of rotatable bonds is 7. The molecule has 0 unspecified atom stereocenters. The largest absolute Gasteiger partial charge is 0.469 e. The van der Waals surface area contributed by atoms with Crippen molar-refractivity contribution in [2.75, 3.05) is 20.2 Å². The Hall–Kier alpha value is -3.77. The second-order valence-electron chi connectivity index (χ2n) is 8.54. The van der Waals surface area contributed by atoms with E-state index in [-0.39, 0.29) is 12.4 Å². The number of aryl methyl sites for hydroxylation is 1. The van der Waals surface area contributed by atoms with Crippen molar-refractivity contribution in [2.45, 2.75) is 38.6 Å². The molecule has 1 fully saturated rings. The first-order valence-corrected chi connectivity index (χ1v) is 11.6. The molecule has 1 radical (unpaired) electrons. The minimum absolute atomic E-state index is 0.174. The Labute approximate surface area is 206 Å². The Morgan fingerprint density at radius 2 is 2.03 bits per heavy atom. The zero-order valence-corrected chi connectivity index (χ0v) is 20.0. The van der Waals surface area contributed by atoms with Gasteiger partial charge in [0.2, 0.25) is 0 Å². The molecule has 4 rings (SSSR count). The lowest BCUT2D eigenvalue weighted by atomic mass is 9.90. The standard InChI is InChI=1S/C26H27BN5O3/c1-19-15-28-25(13-20-16-29-32(17-20)23-9-11-31(12-10-23)27-18-33)30-24(19)8-7-21-5-3-4-6-22(21)14-26(34)35-2/h3-6,15-18,23H,9-14H2,1-2H3. The van der Waals surface area contributed by atoms with E-state index in [1.54, 1.807) is 13.6 Å². The zero-order valence-electron chi connectivity index (χ0n) is 20.0. The van der Waals surface area contributed by atoms with Crippen LogP contribution in [0.3, 0.4) is 0 Å². The van der Waals surface area contributed by atoms with Gasteiger partial charge < -0.3 is 14.3 Å². The number of nitrogens with zero attached hydrogens (tertiary/aromatic N) is 5. The predicted molar refractivity (Wildman–Crippen MR) is 132 cm³/mol. The fourth-order valence-electron chi connectivity index (χ4n) is 4.08. The number of aromatic nitrogens is 4. The first-order valence-electron chi connectivity index (χ1n) is 11.6. The maximum atomic E-state index is 11.7. The molecule has 1 saturated heterocycles. The predicted octanol–water partition coefficient (Wildman–Crippen LogP) is 2.13. The van der Waals surface area contributed by atoms with Crippen LogP contribution < -0.4 is 0 Å². The van der Waals surface area contributed by atoms with Gasteiger partial charge >= 0.3 is 5.97 Å². The Kier molecular flexibility index (Phi) is 8.06. The summed E-state index contributed by atoms with van der Waals surface area (Å²) in [5.74, 6) is 6.69. The van der Waals surface area contributed by atoms with Crippen LogP contribution in [0.2, 0.25) is 0 Å². The summed E-state index contributed by atoms with van der Waals surface area (Å²) in [6.45, 7) is 3.63. The van der Waals surface area contributed by atoms with Crippen molar-refractivity contribution < 1.29 is 14.3 Å². The van der Waals surface area contributed by atoms with Crippen LogP contribution in [-0.2, 0) is 27.2 Å². The molecule has 2 aromatic heterocycles. The van der Waals surface area contributed by atoms with Crippen molar-refractivity contribution in [3.63, 3.8) is 0 Å². The van der Waals surface area contributed by atoms with Gasteiger partial charge in [-0.1, -0.05) is 24.1 Å². The number of hydrogen-bond donors (Lipinski definition) is 0. The molecule has 0 bridgehead atoms. The number of benzene rings is 1. The lowest BCUT2D eigenvalue weighted by Crippen LogP contribution is -2.37. The maximum Gasteiger partial charge on any atom is 0.310 e. The molecule has 3 aromatic rings. The Morgan fingerprint density at radius 1 is 1.23 bits per heavy atom. The van der Waals surface area contributed by atoms with E-state index < -0.39 is 0 Å². The lowest BCUT2D eigenvalue weighted by molar-refractivity contribution is -0.139. The minimum atomic E-state index is -0.301. The van der Waals surface area contributed by atoms with Crippen molar-refractivity contribution in [1.82, 2.24) is 24.6 Å². The molecule has 0 aliphatic carbocycles. The molecule has 8 nitrogen and oxygen atoms in total. The monoisotopic (exact) mass is 468 g/mol. The molecule has 1 aromatic carbocycles. The topological polar surface area (TPSA) is 90.2 Å². The van der Waals surface area contributed by atoms with Crippen LogP contribution >= 0.6 is 0 Å². The molecule has 0 spiro atoms. The number of carbonyl (C=O) groups excluding carboxylic acids is 2. The summed E-state index contributed by atoms with van der Waals surface area (Å²) >= 11 is 0. The molecule has 0 saturated carbocycles. The van der Waals surface area contributed by atoms with Crippen molar-refractivity contribution in [2.24, 2.45) is 0 Å². The highest BCUT2D eigenvalue weighted by Gasteiger charge is 2.21. The molecule has 0 N–H and O–H groups in total. The normalized spacial score (nSPS) is 14.1. The third kappa shape index (κ3) is 6.43. The molecule has 0 amide bonds. The van der Waals surface area contributed by atoms with Crippen molar-refractivity contribution >= 4 is 19.6 Å². The summed E-state index contributed by atoms with van der Waals surface area (Å²) in [5, 5.41) is 4.56. The molecular formula is C26H27BN5O3. The molecule has 0 atom stereocenters. The number of carbonyl (C=O) groups is 2. The molecule has 1 aliphatic heterocycles. The van der Waals surface area contributed by atoms with Gasteiger partial charge in [0, 0.05) is 29.9 Å². The molecule has 1 aliphatic rings. The second kappa shape index (κ2) is 11.6. The van der Waals surface area contributed by atoms with E-state index in [9.17, 15) is 9.59 Å². The van der Waals surface area contributed by atoms with Crippen LogP contribution in [0.25, 0.3) is 0 Å². The van der Waals surface area contributed by atoms with Crippen molar-refractivity contribution in [3.05, 3.63) is 76.6 Å². The van der Waals surface area contributed by atoms with Gasteiger partial charge in [-0.3, -0.25) is 9.48 Å². The van der Waals surface area contributed by atoms with E-state index in [4.69, 9.17) is 4.74 Å². The fraction of sp³-hybridized carbons (Fsp3) is 0.346. The van der Waals surface area contributed by atoms with E-state index in [0.717, 1.165) is 54.4 Å². The summed E-state index contributed by atoms with van der Waals surface area (Å²) in [4.78, 5) is 33.6. The summed E-state index contributed by atoms with van der Waals surface area (Å²) in [5.41, 5.74) is 4.19. The summed E-state index contributed by atoms with van der Waals surface area (Å²) in [6.07, 6.45) is 9.18. The molecule has 177 valence electrons. The zero-order chi connectivity index (χ0) is 24.6. The number of esters is 1. The minimum Gasteiger partial charge on any atom is -0.469 e. The van der Waals surface area contributed by atoms with Crippen LogP contribution in [0.15, 0.2) is 42.9 Å². The van der Waals surface area contributed by atoms with Gasteiger partial charge in [0.15, 0.2) is 0 Å². The number of methoxy groups -OCH3 is 1.